The van der Waals surface area contributed by atoms with Gasteiger partial charge in [0.05, 0.1) is 5.69 Å². The molecule has 0 aliphatic carbocycles. The van der Waals surface area contributed by atoms with Crippen molar-refractivity contribution in [3.63, 3.8) is 0 Å². The van der Waals surface area contributed by atoms with E-state index in [1.807, 2.05) is 6.92 Å². The maximum atomic E-state index is 4.85. The summed E-state index contributed by atoms with van der Waals surface area (Å²) >= 11 is 0. The van der Waals surface area contributed by atoms with Gasteiger partial charge in [-0.05, 0) is 50.8 Å². The van der Waals surface area contributed by atoms with Gasteiger partial charge in [-0.25, -0.2) is 0 Å². The number of nitrogens with zero attached hydrogens (tertiary/aromatic N) is 4. The van der Waals surface area contributed by atoms with E-state index in [4.69, 9.17) is 4.99 Å². The van der Waals surface area contributed by atoms with Gasteiger partial charge in [0, 0.05) is 38.4 Å². The Morgan fingerprint density at radius 1 is 1.24 bits per heavy atom. The van der Waals surface area contributed by atoms with Crippen LogP contribution in [-0.4, -0.2) is 40.3 Å². The fraction of sp³-hybridized carbons (Fsp3) is 0.500. The second-order valence-corrected chi connectivity index (χ2v) is 6.68. The van der Waals surface area contributed by atoms with E-state index < -0.39 is 0 Å². The van der Waals surface area contributed by atoms with Gasteiger partial charge in [0.25, 0.3) is 0 Å². The number of aromatic nitrogens is 2. The van der Waals surface area contributed by atoms with Crippen LogP contribution in [0.3, 0.4) is 0 Å². The van der Waals surface area contributed by atoms with Crippen molar-refractivity contribution in [2.24, 2.45) is 4.99 Å². The van der Waals surface area contributed by atoms with Crippen LogP contribution in [0.15, 0.2) is 35.3 Å². The molecule has 1 aromatic carbocycles. The minimum atomic E-state index is 0.818. The molecule has 0 fully saturated rings. The number of hydrogen-bond donors (Lipinski definition) is 1. The Hall–Kier alpha value is -2.30. The highest BCUT2D eigenvalue weighted by Crippen LogP contribution is 2.18. The third kappa shape index (κ3) is 4.41. The molecule has 0 atom stereocenters. The summed E-state index contributed by atoms with van der Waals surface area (Å²) in [7, 11) is 0. The molecular weight excluding hydrogens is 310 g/mol. The van der Waals surface area contributed by atoms with Gasteiger partial charge in [-0.15, -0.1) is 0 Å². The first kappa shape index (κ1) is 17.5. The Balaban J connectivity index is 1.59. The summed E-state index contributed by atoms with van der Waals surface area (Å²) in [6, 6.07) is 10.9. The average molecular weight is 339 g/mol. The summed E-state index contributed by atoms with van der Waals surface area (Å²) in [5.74, 6) is 1.03. The van der Waals surface area contributed by atoms with Crippen LogP contribution in [0.2, 0.25) is 0 Å². The van der Waals surface area contributed by atoms with Gasteiger partial charge in [-0.1, -0.05) is 24.3 Å². The summed E-state index contributed by atoms with van der Waals surface area (Å²) in [6.45, 7) is 10.9. The molecule has 1 N–H and O–H groups in total. The van der Waals surface area contributed by atoms with Crippen molar-refractivity contribution in [1.29, 1.82) is 0 Å². The highest BCUT2D eigenvalue weighted by Gasteiger charge is 2.18. The Morgan fingerprint density at radius 3 is 2.76 bits per heavy atom. The molecule has 1 aliphatic heterocycles. The van der Waals surface area contributed by atoms with E-state index in [2.05, 4.69) is 64.2 Å². The van der Waals surface area contributed by atoms with E-state index in [0.29, 0.717) is 0 Å². The minimum absolute atomic E-state index is 0.818. The molecule has 2 aromatic rings. The molecule has 0 bridgehead atoms. The first-order valence-electron chi connectivity index (χ1n) is 9.28. The largest absolute Gasteiger partial charge is 0.357 e. The molecule has 25 heavy (non-hydrogen) atoms. The molecule has 0 spiro atoms. The van der Waals surface area contributed by atoms with Gasteiger partial charge in [0.2, 0.25) is 0 Å². The van der Waals surface area contributed by atoms with Crippen LogP contribution in [-0.2, 0) is 19.5 Å². The molecule has 0 radical (unpaired) electrons. The van der Waals surface area contributed by atoms with Gasteiger partial charge in [-0.3, -0.25) is 9.67 Å². The van der Waals surface area contributed by atoms with E-state index in [-0.39, 0.29) is 0 Å². The van der Waals surface area contributed by atoms with Crippen molar-refractivity contribution in [1.82, 2.24) is 20.0 Å². The fourth-order valence-corrected chi connectivity index (χ4v) is 3.41. The Labute approximate surface area is 150 Å². The Bertz CT molecular complexity index is 731. The quantitative estimate of drug-likeness (QED) is 0.517. The third-order valence-corrected chi connectivity index (χ3v) is 4.66. The molecule has 0 unspecified atom stereocenters. The lowest BCUT2D eigenvalue weighted by atomic mass is 10.0. The maximum absolute atomic E-state index is 4.85. The Morgan fingerprint density at radius 2 is 2.04 bits per heavy atom. The van der Waals surface area contributed by atoms with Gasteiger partial charge < -0.3 is 10.2 Å². The summed E-state index contributed by atoms with van der Waals surface area (Å²) in [5, 5.41) is 7.97. The van der Waals surface area contributed by atoms with E-state index in [0.717, 1.165) is 57.2 Å². The van der Waals surface area contributed by atoms with Crippen LogP contribution < -0.4 is 5.32 Å². The second kappa shape index (κ2) is 8.19. The molecule has 0 amide bonds. The maximum Gasteiger partial charge on any atom is 0.194 e. The molecule has 1 aromatic heterocycles. The van der Waals surface area contributed by atoms with E-state index in [1.54, 1.807) is 0 Å². The fourth-order valence-electron chi connectivity index (χ4n) is 3.41. The standard InChI is InChI=1S/C20H29N5/c1-4-21-20(22-11-7-12-25-17(3)14-16(2)23-25)24-13-10-18-8-5-6-9-19(18)15-24/h5-6,8-9,14H,4,7,10-13,15H2,1-3H3,(H,21,22). The first-order valence-corrected chi connectivity index (χ1v) is 9.28. The van der Waals surface area contributed by atoms with Crippen molar-refractivity contribution in [2.75, 3.05) is 19.6 Å². The summed E-state index contributed by atoms with van der Waals surface area (Å²) in [5.41, 5.74) is 5.20. The molecule has 5 heteroatoms. The smallest absolute Gasteiger partial charge is 0.194 e. The molecule has 5 nitrogen and oxygen atoms in total. The summed E-state index contributed by atoms with van der Waals surface area (Å²) < 4.78 is 2.08. The number of aliphatic imine (C=N–C) groups is 1. The zero-order chi connectivity index (χ0) is 17.6. The predicted octanol–water partition coefficient (Wildman–Crippen LogP) is 2.91. The molecule has 0 saturated heterocycles. The van der Waals surface area contributed by atoms with Crippen molar-refractivity contribution < 1.29 is 0 Å². The van der Waals surface area contributed by atoms with Gasteiger partial charge in [0.15, 0.2) is 5.96 Å². The third-order valence-electron chi connectivity index (χ3n) is 4.66. The minimum Gasteiger partial charge on any atom is -0.357 e. The van der Waals surface area contributed by atoms with Crippen molar-refractivity contribution >= 4 is 5.96 Å². The predicted molar refractivity (Wildman–Crippen MR) is 103 cm³/mol. The number of rotatable bonds is 5. The van der Waals surface area contributed by atoms with Crippen LogP contribution in [0.25, 0.3) is 0 Å². The Kier molecular flexibility index (Phi) is 5.74. The highest BCUT2D eigenvalue weighted by atomic mass is 15.3. The van der Waals surface area contributed by atoms with Crippen molar-refractivity contribution in [3.8, 4) is 0 Å². The number of benzene rings is 1. The lowest BCUT2D eigenvalue weighted by Crippen LogP contribution is -2.44. The van der Waals surface area contributed by atoms with Crippen LogP contribution in [0.4, 0.5) is 0 Å². The monoisotopic (exact) mass is 339 g/mol. The van der Waals surface area contributed by atoms with Crippen molar-refractivity contribution in [3.05, 3.63) is 52.8 Å². The SMILES string of the molecule is CCNC(=NCCCn1nc(C)cc1C)N1CCc2ccccc2C1. The topological polar surface area (TPSA) is 45.5 Å². The van der Waals surface area contributed by atoms with Crippen LogP contribution in [0.5, 0.6) is 0 Å². The molecular formula is C20H29N5. The summed E-state index contributed by atoms with van der Waals surface area (Å²) in [6.07, 6.45) is 2.09. The molecule has 2 heterocycles. The van der Waals surface area contributed by atoms with Gasteiger partial charge in [0.1, 0.15) is 0 Å². The molecule has 134 valence electrons. The van der Waals surface area contributed by atoms with Crippen molar-refractivity contribution in [2.45, 2.75) is 46.7 Å². The second-order valence-electron chi connectivity index (χ2n) is 6.68. The van der Waals surface area contributed by atoms with E-state index in [1.165, 1.54) is 16.8 Å². The van der Waals surface area contributed by atoms with E-state index >= 15 is 0 Å². The normalized spacial score (nSPS) is 14.5. The number of fused-ring (bicyclic) bond motifs is 1. The molecule has 0 saturated carbocycles. The number of hydrogen-bond acceptors (Lipinski definition) is 2. The highest BCUT2D eigenvalue weighted by molar-refractivity contribution is 5.80. The van der Waals surface area contributed by atoms with Crippen LogP contribution >= 0.6 is 0 Å². The molecule has 1 aliphatic rings. The van der Waals surface area contributed by atoms with Crippen LogP contribution in [0.1, 0.15) is 35.9 Å². The lowest BCUT2D eigenvalue weighted by molar-refractivity contribution is 0.378. The number of nitrogens with one attached hydrogen (secondary N) is 1. The van der Waals surface area contributed by atoms with Gasteiger partial charge >= 0.3 is 0 Å². The number of aryl methyl sites for hydroxylation is 3. The van der Waals surface area contributed by atoms with E-state index in [9.17, 15) is 0 Å². The zero-order valence-electron chi connectivity index (χ0n) is 15.6. The number of guanidine groups is 1. The van der Waals surface area contributed by atoms with Crippen LogP contribution in [0, 0.1) is 13.8 Å². The van der Waals surface area contributed by atoms with Gasteiger partial charge in [-0.2, -0.15) is 5.10 Å². The first-order chi connectivity index (χ1) is 12.2. The average Bonchev–Trinajstić information content (AvgIpc) is 2.94. The summed E-state index contributed by atoms with van der Waals surface area (Å²) in [4.78, 5) is 7.22. The lowest BCUT2D eigenvalue weighted by Gasteiger charge is -2.31. The molecule has 3 rings (SSSR count). The zero-order valence-corrected chi connectivity index (χ0v) is 15.6.